The number of rotatable bonds is 2. The number of nitrogens with zero attached hydrogens (tertiary/aromatic N) is 1. The normalized spacial score (nSPS) is 12.7. The maximum atomic E-state index is 12.1. The standard InChI is InChI=1S/C15H11NO3S/c17-20(18,13-7-2-1-3-8-13)16-15-11-10-12-6-4-5-9-14(12)19-15/h1-11H. The molecular formula is C15H11NO3S. The van der Waals surface area contributed by atoms with Crippen molar-refractivity contribution >= 4 is 21.0 Å². The van der Waals surface area contributed by atoms with E-state index in [2.05, 4.69) is 4.40 Å². The second kappa shape index (κ2) is 4.94. The molecule has 0 fully saturated rings. The Kier molecular flexibility index (Phi) is 3.12. The summed E-state index contributed by atoms with van der Waals surface area (Å²) in [5.41, 5.74) is 0.657. The van der Waals surface area contributed by atoms with Crippen molar-refractivity contribution < 1.29 is 12.8 Å². The van der Waals surface area contributed by atoms with Crippen LogP contribution in [0, 0.1) is 0 Å². The van der Waals surface area contributed by atoms with E-state index in [0.29, 0.717) is 5.58 Å². The minimum absolute atomic E-state index is 0.0625. The van der Waals surface area contributed by atoms with Crippen molar-refractivity contribution in [2.24, 2.45) is 4.40 Å². The molecule has 1 heterocycles. The highest BCUT2D eigenvalue weighted by molar-refractivity contribution is 7.90. The number of benzene rings is 2. The largest absolute Gasteiger partial charge is 0.438 e. The van der Waals surface area contributed by atoms with E-state index in [4.69, 9.17) is 4.42 Å². The van der Waals surface area contributed by atoms with Crippen molar-refractivity contribution in [1.82, 2.24) is 0 Å². The van der Waals surface area contributed by atoms with Crippen molar-refractivity contribution in [1.29, 1.82) is 0 Å². The van der Waals surface area contributed by atoms with Crippen LogP contribution in [0.2, 0.25) is 0 Å². The van der Waals surface area contributed by atoms with E-state index in [1.165, 1.54) is 12.1 Å². The number of sulfonamides is 1. The highest BCUT2D eigenvalue weighted by Gasteiger charge is 2.11. The Morgan fingerprint density at radius 1 is 0.800 bits per heavy atom. The van der Waals surface area contributed by atoms with Crippen LogP contribution in [0.4, 0.5) is 0 Å². The number of hydrogen-bond donors (Lipinski definition) is 0. The zero-order valence-corrected chi connectivity index (χ0v) is 11.2. The van der Waals surface area contributed by atoms with Crippen LogP contribution >= 0.6 is 0 Å². The van der Waals surface area contributed by atoms with Gasteiger partial charge in [-0.15, -0.1) is 4.40 Å². The van der Waals surface area contributed by atoms with E-state index in [0.717, 1.165) is 5.39 Å². The Bertz CT molecular complexity index is 912. The summed E-state index contributed by atoms with van der Waals surface area (Å²) in [6.07, 6.45) is 0. The average Bonchev–Trinajstić information content (AvgIpc) is 2.48. The van der Waals surface area contributed by atoms with Gasteiger partial charge in [-0.2, -0.15) is 8.42 Å². The van der Waals surface area contributed by atoms with Crippen LogP contribution in [-0.4, -0.2) is 8.42 Å². The predicted octanol–water partition coefficient (Wildman–Crippen LogP) is 2.72. The number of para-hydroxylation sites is 1. The smallest absolute Gasteiger partial charge is 0.285 e. The Labute approximate surface area is 116 Å². The molecule has 3 rings (SSSR count). The Hall–Kier alpha value is -2.40. The molecule has 0 aliphatic heterocycles. The molecule has 0 bridgehead atoms. The average molecular weight is 285 g/mol. The van der Waals surface area contributed by atoms with Gasteiger partial charge in [-0.3, -0.25) is 0 Å². The fourth-order valence-corrected chi connectivity index (χ4v) is 2.77. The van der Waals surface area contributed by atoms with E-state index < -0.39 is 10.0 Å². The zero-order valence-electron chi connectivity index (χ0n) is 10.4. The second-order valence-corrected chi connectivity index (χ2v) is 5.79. The van der Waals surface area contributed by atoms with Gasteiger partial charge in [0.1, 0.15) is 5.58 Å². The molecule has 2 aromatic carbocycles. The summed E-state index contributed by atoms with van der Waals surface area (Å²) in [6.45, 7) is 0. The monoisotopic (exact) mass is 285 g/mol. The predicted molar refractivity (Wildman–Crippen MR) is 75.4 cm³/mol. The summed E-state index contributed by atoms with van der Waals surface area (Å²) in [5.74, 6) is 0. The van der Waals surface area contributed by atoms with Crippen molar-refractivity contribution in [2.45, 2.75) is 4.90 Å². The summed E-state index contributed by atoms with van der Waals surface area (Å²) in [4.78, 5) is 0.142. The summed E-state index contributed by atoms with van der Waals surface area (Å²) in [6, 6.07) is 18.7. The van der Waals surface area contributed by atoms with E-state index in [1.54, 1.807) is 36.4 Å². The molecule has 0 aliphatic rings. The third kappa shape index (κ3) is 2.48. The molecule has 1 aromatic heterocycles. The van der Waals surface area contributed by atoms with Crippen LogP contribution in [0.15, 0.2) is 80.4 Å². The van der Waals surface area contributed by atoms with Gasteiger partial charge >= 0.3 is 0 Å². The van der Waals surface area contributed by atoms with Crippen LogP contribution in [0.5, 0.6) is 0 Å². The Morgan fingerprint density at radius 3 is 2.30 bits per heavy atom. The van der Waals surface area contributed by atoms with Crippen LogP contribution < -0.4 is 5.55 Å². The van der Waals surface area contributed by atoms with Gasteiger partial charge < -0.3 is 4.42 Å². The van der Waals surface area contributed by atoms with Gasteiger partial charge in [0.15, 0.2) is 0 Å². The van der Waals surface area contributed by atoms with Gasteiger partial charge in [-0.1, -0.05) is 36.4 Å². The minimum Gasteiger partial charge on any atom is -0.438 e. The topological polar surface area (TPSA) is 59.6 Å². The molecule has 0 spiro atoms. The highest BCUT2D eigenvalue weighted by Crippen LogP contribution is 2.12. The van der Waals surface area contributed by atoms with Gasteiger partial charge in [-0.25, -0.2) is 0 Å². The van der Waals surface area contributed by atoms with Crippen molar-refractivity contribution in [3.63, 3.8) is 0 Å². The Balaban J connectivity index is 2.15. The first-order valence-corrected chi connectivity index (χ1v) is 7.44. The summed E-state index contributed by atoms with van der Waals surface area (Å²) in [5, 5.41) is 0.892. The molecule has 100 valence electrons. The lowest BCUT2D eigenvalue weighted by molar-refractivity contribution is 0.540. The summed E-state index contributed by atoms with van der Waals surface area (Å²) >= 11 is 0. The quantitative estimate of drug-likeness (QED) is 0.727. The van der Waals surface area contributed by atoms with E-state index in [9.17, 15) is 8.42 Å². The maximum absolute atomic E-state index is 12.1. The van der Waals surface area contributed by atoms with Crippen LogP contribution in [0.3, 0.4) is 0 Å². The minimum atomic E-state index is -3.75. The molecule has 0 atom stereocenters. The molecule has 0 aliphatic carbocycles. The van der Waals surface area contributed by atoms with E-state index in [-0.39, 0.29) is 10.4 Å². The van der Waals surface area contributed by atoms with Gasteiger partial charge in [0.25, 0.3) is 10.0 Å². The fourth-order valence-electron chi connectivity index (χ4n) is 1.83. The Morgan fingerprint density at radius 2 is 1.50 bits per heavy atom. The molecule has 0 saturated heterocycles. The molecule has 3 aromatic rings. The molecule has 0 radical (unpaired) electrons. The van der Waals surface area contributed by atoms with Crippen molar-refractivity contribution in [2.75, 3.05) is 0 Å². The van der Waals surface area contributed by atoms with Crippen LogP contribution in [0.25, 0.3) is 11.0 Å². The number of hydrogen-bond acceptors (Lipinski definition) is 3. The maximum Gasteiger partial charge on any atom is 0.285 e. The molecule has 0 N–H and O–H groups in total. The third-order valence-electron chi connectivity index (χ3n) is 2.79. The molecule has 5 heteroatoms. The summed E-state index contributed by atoms with van der Waals surface area (Å²) in [7, 11) is -3.75. The lowest BCUT2D eigenvalue weighted by atomic mass is 10.2. The molecular weight excluding hydrogens is 274 g/mol. The second-order valence-electron chi connectivity index (χ2n) is 4.19. The van der Waals surface area contributed by atoms with Crippen molar-refractivity contribution in [3.05, 3.63) is 72.3 Å². The van der Waals surface area contributed by atoms with Gasteiger partial charge in [0, 0.05) is 11.5 Å². The van der Waals surface area contributed by atoms with Crippen LogP contribution in [-0.2, 0) is 10.0 Å². The highest BCUT2D eigenvalue weighted by atomic mass is 32.2. The first-order valence-electron chi connectivity index (χ1n) is 6.00. The molecule has 20 heavy (non-hydrogen) atoms. The fraction of sp³-hybridized carbons (Fsp3) is 0. The lowest BCUT2D eigenvalue weighted by Crippen LogP contribution is -2.06. The zero-order chi connectivity index (χ0) is 14.0. The van der Waals surface area contributed by atoms with Gasteiger partial charge in [-0.05, 0) is 24.3 Å². The van der Waals surface area contributed by atoms with Crippen LogP contribution in [0.1, 0.15) is 0 Å². The van der Waals surface area contributed by atoms with E-state index in [1.807, 2.05) is 18.2 Å². The third-order valence-corrected chi connectivity index (χ3v) is 4.08. The van der Waals surface area contributed by atoms with Crippen molar-refractivity contribution in [3.8, 4) is 0 Å². The molecule has 0 amide bonds. The first kappa shape index (κ1) is 12.6. The molecule has 0 unspecified atom stereocenters. The van der Waals surface area contributed by atoms with E-state index >= 15 is 0 Å². The number of fused-ring (bicyclic) bond motifs is 1. The summed E-state index contributed by atoms with van der Waals surface area (Å²) < 4.78 is 33.4. The lowest BCUT2D eigenvalue weighted by Gasteiger charge is -1.98. The molecule has 0 saturated carbocycles. The first-order chi connectivity index (χ1) is 9.65. The molecule has 4 nitrogen and oxygen atoms in total. The van der Waals surface area contributed by atoms with Gasteiger partial charge in [0.05, 0.1) is 4.90 Å². The van der Waals surface area contributed by atoms with Gasteiger partial charge in [0.2, 0.25) is 5.55 Å². The SMILES string of the molecule is O=S(=O)(N=c1ccc2ccccc2o1)c1ccccc1.